The van der Waals surface area contributed by atoms with Crippen LogP contribution in [0.4, 0.5) is 10.5 Å². The minimum absolute atomic E-state index is 0.419. The van der Waals surface area contributed by atoms with Crippen molar-refractivity contribution in [3.63, 3.8) is 0 Å². The van der Waals surface area contributed by atoms with E-state index in [9.17, 15) is 9.59 Å². The van der Waals surface area contributed by atoms with E-state index in [1.165, 1.54) is 0 Å². The number of carbonyl (C=O) groups excluding carboxylic acids is 1. The van der Waals surface area contributed by atoms with Gasteiger partial charge in [-0.2, -0.15) is 0 Å². The Morgan fingerprint density at radius 3 is 2.62 bits per heavy atom. The summed E-state index contributed by atoms with van der Waals surface area (Å²) in [6, 6.07) is 4.70. The number of carboxylic acids is 1. The van der Waals surface area contributed by atoms with Crippen LogP contribution in [0.5, 0.6) is 0 Å². The molecule has 16 heavy (non-hydrogen) atoms. The fourth-order valence-corrected chi connectivity index (χ4v) is 1.62. The monoisotopic (exact) mass is 350 g/mol. The van der Waals surface area contributed by atoms with E-state index in [2.05, 4.69) is 42.5 Å². The number of aliphatic carboxylic acids is 1. The summed E-state index contributed by atoms with van der Waals surface area (Å²) in [6.45, 7) is -0.419. The van der Waals surface area contributed by atoms with Crippen LogP contribution >= 0.6 is 31.9 Å². The Hall–Kier alpha value is -1.08. The fraction of sp³-hybridized carbons (Fsp3) is 0.111. The summed E-state index contributed by atoms with van der Waals surface area (Å²) in [5.41, 5.74) is 0.553. The third-order valence-electron chi connectivity index (χ3n) is 1.58. The maximum absolute atomic E-state index is 11.3. The summed E-state index contributed by atoms with van der Waals surface area (Å²) in [6.07, 6.45) is 0. The van der Waals surface area contributed by atoms with Crippen LogP contribution in [0.1, 0.15) is 0 Å². The lowest BCUT2D eigenvalue weighted by atomic mass is 10.3. The van der Waals surface area contributed by atoms with E-state index in [0.717, 1.165) is 4.47 Å². The van der Waals surface area contributed by atoms with E-state index in [1.807, 2.05) is 6.07 Å². The van der Waals surface area contributed by atoms with E-state index in [1.54, 1.807) is 12.1 Å². The molecule has 0 aromatic heterocycles. The summed E-state index contributed by atoms with van der Waals surface area (Å²) in [4.78, 5) is 21.5. The maximum atomic E-state index is 11.3. The van der Waals surface area contributed by atoms with E-state index in [4.69, 9.17) is 5.11 Å². The number of nitrogens with one attached hydrogen (secondary N) is 2. The molecular weight excluding hydrogens is 344 g/mol. The molecule has 0 atom stereocenters. The molecule has 0 saturated heterocycles. The highest BCUT2D eigenvalue weighted by atomic mass is 79.9. The fourth-order valence-electron chi connectivity index (χ4n) is 0.916. The van der Waals surface area contributed by atoms with Crippen molar-refractivity contribution in [1.29, 1.82) is 0 Å². The van der Waals surface area contributed by atoms with Gasteiger partial charge in [0.2, 0.25) is 0 Å². The quantitative estimate of drug-likeness (QED) is 0.782. The highest BCUT2D eigenvalue weighted by Crippen LogP contribution is 2.25. The zero-order chi connectivity index (χ0) is 12.1. The number of amides is 2. The van der Waals surface area contributed by atoms with Crippen molar-refractivity contribution in [1.82, 2.24) is 5.32 Å². The highest BCUT2D eigenvalue weighted by Gasteiger charge is 2.06. The van der Waals surface area contributed by atoms with E-state index in [0.29, 0.717) is 10.2 Å². The largest absolute Gasteiger partial charge is 0.480 e. The molecule has 0 fully saturated rings. The first-order valence-electron chi connectivity index (χ1n) is 4.20. The van der Waals surface area contributed by atoms with Gasteiger partial charge in [0.05, 0.1) is 5.69 Å². The number of benzene rings is 1. The standard InChI is InChI=1S/C9H8Br2N2O3/c10-5-1-2-6(11)7(3-5)13-9(16)12-4-8(14)15/h1-3H,4H2,(H,14,15)(H2,12,13,16). The van der Waals surface area contributed by atoms with Crippen LogP contribution in [-0.2, 0) is 4.79 Å². The Kier molecular flexibility index (Phi) is 4.75. The molecule has 0 aliphatic carbocycles. The first-order valence-corrected chi connectivity index (χ1v) is 5.79. The molecule has 0 heterocycles. The predicted octanol–water partition coefficient (Wildman–Crippen LogP) is 2.42. The van der Waals surface area contributed by atoms with Crippen LogP contribution in [0.25, 0.3) is 0 Å². The molecule has 7 heteroatoms. The van der Waals surface area contributed by atoms with Gasteiger partial charge in [0, 0.05) is 8.95 Å². The number of carboxylic acid groups (broad SMARTS) is 1. The van der Waals surface area contributed by atoms with Crippen molar-refractivity contribution in [2.24, 2.45) is 0 Å². The smallest absolute Gasteiger partial charge is 0.323 e. The first kappa shape index (κ1) is 13.0. The molecule has 3 N–H and O–H groups in total. The molecule has 1 aromatic carbocycles. The van der Waals surface area contributed by atoms with E-state index >= 15 is 0 Å². The average Bonchev–Trinajstić information content (AvgIpc) is 2.20. The van der Waals surface area contributed by atoms with Gasteiger partial charge in [-0.25, -0.2) is 4.79 Å². The summed E-state index contributed by atoms with van der Waals surface area (Å²) in [7, 11) is 0. The molecule has 0 saturated carbocycles. The highest BCUT2D eigenvalue weighted by molar-refractivity contribution is 9.11. The van der Waals surface area contributed by atoms with E-state index in [-0.39, 0.29) is 0 Å². The van der Waals surface area contributed by atoms with Gasteiger partial charge >= 0.3 is 12.0 Å². The van der Waals surface area contributed by atoms with Gasteiger partial charge in [0.15, 0.2) is 0 Å². The number of halogens is 2. The molecule has 86 valence electrons. The number of carbonyl (C=O) groups is 2. The minimum Gasteiger partial charge on any atom is -0.480 e. The van der Waals surface area contributed by atoms with Crippen molar-refractivity contribution in [3.8, 4) is 0 Å². The van der Waals surface area contributed by atoms with Crippen LogP contribution in [0.2, 0.25) is 0 Å². The molecular formula is C9H8Br2N2O3. The van der Waals surface area contributed by atoms with Gasteiger partial charge in [-0.15, -0.1) is 0 Å². The summed E-state index contributed by atoms with van der Waals surface area (Å²) in [5, 5.41) is 13.1. The van der Waals surface area contributed by atoms with Gasteiger partial charge in [-0.1, -0.05) is 15.9 Å². The van der Waals surface area contributed by atoms with Crippen LogP contribution in [0.3, 0.4) is 0 Å². The van der Waals surface area contributed by atoms with Crippen LogP contribution in [0, 0.1) is 0 Å². The molecule has 0 unspecified atom stereocenters. The van der Waals surface area contributed by atoms with Crippen molar-refractivity contribution >= 4 is 49.5 Å². The lowest BCUT2D eigenvalue weighted by Gasteiger charge is -2.08. The molecule has 0 aliphatic rings. The predicted molar refractivity (Wildman–Crippen MR) is 66.5 cm³/mol. The molecule has 0 aliphatic heterocycles. The van der Waals surface area contributed by atoms with Crippen LogP contribution in [-0.4, -0.2) is 23.7 Å². The normalized spacial score (nSPS) is 9.62. The molecule has 1 rings (SSSR count). The Balaban J connectivity index is 2.62. The number of anilines is 1. The Morgan fingerprint density at radius 2 is 2.00 bits per heavy atom. The van der Waals surface area contributed by atoms with Gasteiger partial charge in [-0.3, -0.25) is 4.79 Å². The molecule has 5 nitrogen and oxygen atoms in total. The van der Waals surface area contributed by atoms with Crippen LogP contribution < -0.4 is 10.6 Å². The third-order valence-corrected chi connectivity index (χ3v) is 2.76. The van der Waals surface area contributed by atoms with Crippen molar-refractivity contribution < 1.29 is 14.7 Å². The lowest BCUT2D eigenvalue weighted by Crippen LogP contribution is -2.33. The summed E-state index contributed by atoms with van der Waals surface area (Å²) >= 11 is 6.52. The molecule has 1 aromatic rings. The maximum Gasteiger partial charge on any atom is 0.323 e. The van der Waals surface area contributed by atoms with Crippen molar-refractivity contribution in [2.75, 3.05) is 11.9 Å². The number of hydrogen-bond donors (Lipinski definition) is 3. The topological polar surface area (TPSA) is 78.4 Å². The zero-order valence-electron chi connectivity index (χ0n) is 7.96. The van der Waals surface area contributed by atoms with Crippen LogP contribution in [0.15, 0.2) is 27.1 Å². The van der Waals surface area contributed by atoms with Gasteiger partial charge in [-0.05, 0) is 34.1 Å². The SMILES string of the molecule is O=C(O)CNC(=O)Nc1cc(Br)ccc1Br. The second kappa shape index (κ2) is 5.86. The number of hydrogen-bond acceptors (Lipinski definition) is 2. The Morgan fingerprint density at radius 1 is 1.31 bits per heavy atom. The summed E-state index contributed by atoms with van der Waals surface area (Å²) < 4.78 is 1.52. The van der Waals surface area contributed by atoms with Crippen molar-refractivity contribution in [3.05, 3.63) is 27.1 Å². The van der Waals surface area contributed by atoms with Crippen molar-refractivity contribution in [2.45, 2.75) is 0 Å². The molecule has 0 radical (unpaired) electrons. The van der Waals surface area contributed by atoms with E-state index < -0.39 is 18.5 Å². The van der Waals surface area contributed by atoms with Gasteiger partial charge in [0.25, 0.3) is 0 Å². The van der Waals surface area contributed by atoms with Gasteiger partial charge < -0.3 is 15.7 Å². The Bertz CT molecular complexity index is 423. The first-order chi connectivity index (χ1) is 7.49. The number of urea groups is 1. The third kappa shape index (κ3) is 4.19. The summed E-state index contributed by atoms with van der Waals surface area (Å²) in [5.74, 6) is -1.09. The molecule has 0 spiro atoms. The molecule has 0 bridgehead atoms. The molecule has 2 amide bonds. The number of rotatable bonds is 3. The second-order valence-corrected chi connectivity index (χ2v) is 4.60. The second-order valence-electron chi connectivity index (χ2n) is 2.83. The minimum atomic E-state index is -1.09. The Labute approximate surface area is 108 Å². The lowest BCUT2D eigenvalue weighted by molar-refractivity contribution is -0.135. The average molecular weight is 352 g/mol. The zero-order valence-corrected chi connectivity index (χ0v) is 11.1. The van der Waals surface area contributed by atoms with Gasteiger partial charge in [0.1, 0.15) is 6.54 Å².